The van der Waals surface area contributed by atoms with Crippen molar-refractivity contribution in [1.29, 1.82) is 0 Å². The molecule has 0 aromatic heterocycles. The lowest BCUT2D eigenvalue weighted by Crippen LogP contribution is -2.38. The molecule has 2 aromatic rings. The molecule has 2 aromatic carbocycles. The number of hydrogen-bond donors (Lipinski definition) is 3. The van der Waals surface area contributed by atoms with Crippen LogP contribution in [0, 0.1) is 0 Å². The van der Waals surface area contributed by atoms with Gasteiger partial charge in [0.2, 0.25) is 5.11 Å². The zero-order valence-electron chi connectivity index (χ0n) is 14.6. The number of thiocarbonyl (C=S) groups is 1. The van der Waals surface area contributed by atoms with E-state index < -0.39 is 0 Å². The van der Waals surface area contributed by atoms with E-state index in [0.717, 1.165) is 18.7 Å². The predicted molar refractivity (Wildman–Crippen MR) is 108 cm³/mol. The fraction of sp³-hybridized carbons (Fsp3) is 0.263. The van der Waals surface area contributed by atoms with Crippen molar-refractivity contribution in [1.82, 2.24) is 15.8 Å². The molecule has 2 rings (SSSR count). The first kappa shape index (κ1) is 19.1. The zero-order chi connectivity index (χ0) is 18.1. The Morgan fingerprint density at radius 1 is 1.08 bits per heavy atom. The van der Waals surface area contributed by atoms with Gasteiger partial charge in [-0.2, -0.15) is 5.10 Å². The highest BCUT2D eigenvalue weighted by Gasteiger charge is 2.20. The Morgan fingerprint density at radius 3 is 2.24 bits per heavy atom. The third-order valence-corrected chi connectivity index (χ3v) is 4.02. The normalized spacial score (nSPS) is 12.7. The van der Waals surface area contributed by atoms with Crippen LogP contribution in [-0.4, -0.2) is 36.4 Å². The quantitative estimate of drug-likeness (QED) is 0.308. The minimum absolute atomic E-state index is 0.143. The lowest BCUT2D eigenvalue weighted by atomic mass is 9.90. The van der Waals surface area contributed by atoms with E-state index in [1.54, 1.807) is 0 Å². The first-order chi connectivity index (χ1) is 12.1. The summed E-state index contributed by atoms with van der Waals surface area (Å²) in [6.45, 7) is 0.847. The van der Waals surface area contributed by atoms with E-state index in [2.05, 4.69) is 71.3 Å². The van der Waals surface area contributed by atoms with Gasteiger partial charge in [-0.15, -0.1) is 0 Å². The molecule has 0 saturated heterocycles. The number of hydrazone groups is 1. The summed E-state index contributed by atoms with van der Waals surface area (Å²) in [7, 11) is 4.13. The fourth-order valence-corrected chi connectivity index (χ4v) is 2.70. The van der Waals surface area contributed by atoms with E-state index in [1.807, 2.05) is 24.3 Å². The van der Waals surface area contributed by atoms with Crippen LogP contribution in [-0.2, 0) is 6.42 Å². The molecule has 4 N–H and O–H groups in total. The number of likely N-dealkylation sites (N-methyl/N-ethyl adjacent to an activating group) is 1. The average Bonchev–Trinajstić information content (AvgIpc) is 2.64. The molecule has 5 nitrogen and oxygen atoms in total. The Hall–Kier alpha value is -2.28. The van der Waals surface area contributed by atoms with Crippen LogP contribution in [0.3, 0.4) is 0 Å². The standard InChI is InChI=1S/C19H25N5S/c1-24(2)14-17(16-11-7-4-8-12-16)18(22-23-19(25)21-20)13-15-9-5-3-6-10-15/h3-12,17H,13-14,20H2,1-2H3,(H2,21,23,25)/b22-18+/t17-/m1/s1. The summed E-state index contributed by atoms with van der Waals surface area (Å²) in [5, 5.41) is 4.87. The van der Waals surface area contributed by atoms with Crippen LogP contribution in [0.4, 0.5) is 0 Å². The highest BCUT2D eigenvalue weighted by Crippen LogP contribution is 2.21. The van der Waals surface area contributed by atoms with Crippen LogP contribution < -0.4 is 16.7 Å². The highest BCUT2D eigenvalue weighted by atomic mass is 32.1. The van der Waals surface area contributed by atoms with E-state index in [-0.39, 0.29) is 5.92 Å². The monoisotopic (exact) mass is 355 g/mol. The van der Waals surface area contributed by atoms with Crippen LogP contribution in [0.2, 0.25) is 0 Å². The smallest absolute Gasteiger partial charge is 0.201 e. The predicted octanol–water partition coefficient (Wildman–Crippen LogP) is 2.27. The van der Waals surface area contributed by atoms with Crippen LogP contribution in [0.25, 0.3) is 0 Å². The molecule has 0 aliphatic heterocycles. The van der Waals surface area contributed by atoms with Crippen molar-refractivity contribution in [3.8, 4) is 0 Å². The third kappa shape index (κ3) is 6.26. The Kier molecular flexibility index (Phi) is 7.53. The molecule has 0 unspecified atom stereocenters. The second-order valence-corrected chi connectivity index (χ2v) is 6.48. The van der Waals surface area contributed by atoms with Crippen LogP contribution >= 0.6 is 12.2 Å². The van der Waals surface area contributed by atoms with E-state index in [0.29, 0.717) is 5.11 Å². The van der Waals surface area contributed by atoms with Gasteiger partial charge in [0.15, 0.2) is 0 Å². The number of hydrazine groups is 1. The van der Waals surface area contributed by atoms with Crippen molar-refractivity contribution in [2.45, 2.75) is 12.3 Å². The summed E-state index contributed by atoms with van der Waals surface area (Å²) in [6.07, 6.45) is 0.731. The van der Waals surface area contributed by atoms with Crippen molar-refractivity contribution in [2.24, 2.45) is 10.9 Å². The first-order valence-corrected chi connectivity index (χ1v) is 8.57. The van der Waals surface area contributed by atoms with Gasteiger partial charge in [0.25, 0.3) is 0 Å². The molecule has 6 heteroatoms. The van der Waals surface area contributed by atoms with E-state index in [1.165, 1.54) is 11.1 Å². The van der Waals surface area contributed by atoms with Gasteiger partial charge >= 0.3 is 0 Å². The maximum Gasteiger partial charge on any atom is 0.201 e. The molecule has 0 aliphatic rings. The molecule has 0 saturated carbocycles. The lowest BCUT2D eigenvalue weighted by molar-refractivity contribution is 0.401. The number of nitrogens with two attached hydrogens (primary N) is 1. The average molecular weight is 356 g/mol. The van der Waals surface area contributed by atoms with Gasteiger partial charge in [0, 0.05) is 18.9 Å². The molecule has 132 valence electrons. The zero-order valence-corrected chi connectivity index (χ0v) is 15.5. The summed E-state index contributed by atoms with van der Waals surface area (Å²) in [5.74, 6) is 5.49. The molecule has 0 fully saturated rings. The SMILES string of the molecule is CN(C)C[C@@H](/C(Cc1ccccc1)=N/NC(=S)NN)c1ccccc1. The van der Waals surface area contributed by atoms with Crippen LogP contribution in [0.1, 0.15) is 17.0 Å². The number of nitrogens with zero attached hydrogens (tertiary/aromatic N) is 2. The Labute approximate surface area is 154 Å². The van der Waals surface area contributed by atoms with E-state index in [4.69, 9.17) is 18.1 Å². The molecule has 0 spiro atoms. The number of hydrogen-bond acceptors (Lipinski definition) is 4. The molecule has 0 aliphatic carbocycles. The third-order valence-electron chi connectivity index (χ3n) is 3.81. The summed E-state index contributed by atoms with van der Waals surface area (Å²) in [6, 6.07) is 20.7. The lowest BCUT2D eigenvalue weighted by Gasteiger charge is -2.24. The molecular formula is C19H25N5S. The van der Waals surface area contributed by atoms with Crippen molar-refractivity contribution in [3.63, 3.8) is 0 Å². The van der Waals surface area contributed by atoms with Gasteiger partial charge in [-0.3, -0.25) is 10.9 Å². The summed E-state index contributed by atoms with van der Waals surface area (Å²) >= 11 is 5.06. The van der Waals surface area contributed by atoms with Crippen molar-refractivity contribution >= 4 is 23.0 Å². The van der Waals surface area contributed by atoms with Crippen molar-refractivity contribution < 1.29 is 0 Å². The second kappa shape index (κ2) is 9.88. The van der Waals surface area contributed by atoms with Gasteiger partial charge in [0.05, 0.1) is 5.71 Å². The minimum Gasteiger partial charge on any atom is -0.308 e. The Morgan fingerprint density at radius 2 is 1.68 bits per heavy atom. The molecule has 0 radical (unpaired) electrons. The van der Waals surface area contributed by atoms with E-state index >= 15 is 0 Å². The molecular weight excluding hydrogens is 330 g/mol. The Balaban J connectivity index is 2.36. The molecule has 25 heavy (non-hydrogen) atoms. The van der Waals surface area contributed by atoms with Crippen LogP contribution in [0.5, 0.6) is 0 Å². The molecule has 0 bridgehead atoms. The maximum atomic E-state index is 5.35. The Bertz CT molecular complexity index is 685. The first-order valence-electron chi connectivity index (χ1n) is 8.16. The number of nitrogens with one attached hydrogen (secondary N) is 2. The van der Waals surface area contributed by atoms with Crippen molar-refractivity contribution in [2.75, 3.05) is 20.6 Å². The number of benzene rings is 2. The summed E-state index contributed by atoms with van der Waals surface area (Å²) in [4.78, 5) is 2.16. The molecule has 1 atom stereocenters. The van der Waals surface area contributed by atoms with E-state index in [9.17, 15) is 0 Å². The minimum atomic E-state index is 0.143. The van der Waals surface area contributed by atoms with Gasteiger partial charge in [0.1, 0.15) is 0 Å². The number of rotatable bonds is 7. The van der Waals surface area contributed by atoms with Crippen molar-refractivity contribution in [3.05, 3.63) is 71.8 Å². The van der Waals surface area contributed by atoms with Gasteiger partial charge in [-0.1, -0.05) is 60.7 Å². The van der Waals surface area contributed by atoms with Gasteiger partial charge in [-0.05, 0) is 37.4 Å². The largest absolute Gasteiger partial charge is 0.308 e. The fourth-order valence-electron chi connectivity index (χ4n) is 2.65. The molecule has 0 heterocycles. The highest BCUT2D eigenvalue weighted by molar-refractivity contribution is 7.80. The summed E-state index contributed by atoms with van der Waals surface area (Å²) < 4.78 is 0. The summed E-state index contributed by atoms with van der Waals surface area (Å²) in [5.41, 5.74) is 8.68. The van der Waals surface area contributed by atoms with Gasteiger partial charge < -0.3 is 4.90 Å². The second-order valence-electron chi connectivity index (χ2n) is 6.08. The van der Waals surface area contributed by atoms with Gasteiger partial charge in [-0.25, -0.2) is 5.84 Å². The molecule has 0 amide bonds. The van der Waals surface area contributed by atoms with Crippen LogP contribution in [0.15, 0.2) is 65.8 Å². The maximum absolute atomic E-state index is 5.35. The topological polar surface area (TPSA) is 65.7 Å².